The van der Waals surface area contributed by atoms with Crippen molar-refractivity contribution in [3.8, 4) is 0 Å². The van der Waals surface area contributed by atoms with Crippen LogP contribution in [0.15, 0.2) is 41.4 Å². The van der Waals surface area contributed by atoms with E-state index in [0.717, 1.165) is 29.4 Å². The molecule has 128 valence electrons. The van der Waals surface area contributed by atoms with Crippen molar-refractivity contribution in [3.05, 3.63) is 47.8 Å². The van der Waals surface area contributed by atoms with Gasteiger partial charge in [-0.1, -0.05) is 0 Å². The van der Waals surface area contributed by atoms with Crippen LogP contribution in [0, 0.1) is 0 Å². The number of sulfonamides is 1. The highest BCUT2D eigenvalue weighted by atomic mass is 32.2. The molecule has 1 atom stereocenters. The van der Waals surface area contributed by atoms with Crippen LogP contribution in [0.3, 0.4) is 0 Å². The van der Waals surface area contributed by atoms with Gasteiger partial charge in [-0.2, -0.15) is 5.10 Å². The number of hydrogen-bond acceptors (Lipinski definition) is 4. The van der Waals surface area contributed by atoms with Gasteiger partial charge < -0.3 is 5.32 Å². The highest BCUT2D eigenvalue weighted by Crippen LogP contribution is 2.16. The maximum Gasteiger partial charge on any atom is 0.251 e. The van der Waals surface area contributed by atoms with Crippen LogP contribution in [0.4, 0.5) is 0 Å². The lowest BCUT2D eigenvalue weighted by Crippen LogP contribution is -2.40. The molecule has 0 fully saturated rings. The third kappa shape index (κ3) is 3.20. The summed E-state index contributed by atoms with van der Waals surface area (Å²) in [6.07, 6.45) is 3.34. The molecule has 24 heavy (non-hydrogen) atoms. The molecule has 7 nitrogen and oxygen atoms in total. The number of carbonyl (C=O) groups is 1. The molecule has 0 radical (unpaired) electrons. The largest absolute Gasteiger partial charge is 0.349 e. The standard InChI is InChI=1S/C16H20N4O3S/c1-19(2)24(22,23)15-5-3-12(4-6-15)16(21)18-13-8-10-20-14(11-13)7-9-17-20/h3-7,9,13H,8,10-11H2,1-2H3,(H,18,21)/t13-/m1/s1. The van der Waals surface area contributed by atoms with E-state index in [0.29, 0.717) is 5.56 Å². The van der Waals surface area contributed by atoms with Crippen LogP contribution in [0.25, 0.3) is 0 Å². The van der Waals surface area contributed by atoms with Crippen molar-refractivity contribution in [2.75, 3.05) is 14.1 Å². The van der Waals surface area contributed by atoms with Crippen LogP contribution in [0.1, 0.15) is 22.5 Å². The average Bonchev–Trinajstić information content (AvgIpc) is 3.02. The molecule has 0 saturated carbocycles. The van der Waals surface area contributed by atoms with E-state index in [4.69, 9.17) is 0 Å². The van der Waals surface area contributed by atoms with E-state index in [1.54, 1.807) is 18.3 Å². The first kappa shape index (κ1) is 16.7. The zero-order chi connectivity index (χ0) is 17.3. The predicted molar refractivity (Wildman–Crippen MR) is 89.1 cm³/mol. The van der Waals surface area contributed by atoms with Crippen LogP contribution in [-0.2, 0) is 23.0 Å². The minimum Gasteiger partial charge on any atom is -0.349 e. The van der Waals surface area contributed by atoms with E-state index in [-0.39, 0.29) is 16.8 Å². The molecule has 0 aliphatic carbocycles. The molecule has 0 saturated heterocycles. The highest BCUT2D eigenvalue weighted by Gasteiger charge is 2.22. The van der Waals surface area contributed by atoms with Gasteiger partial charge in [-0.3, -0.25) is 9.48 Å². The maximum atomic E-state index is 12.4. The van der Waals surface area contributed by atoms with E-state index >= 15 is 0 Å². The van der Waals surface area contributed by atoms with Gasteiger partial charge in [-0.25, -0.2) is 12.7 Å². The normalized spacial score (nSPS) is 17.5. The van der Waals surface area contributed by atoms with Crippen LogP contribution < -0.4 is 5.32 Å². The molecule has 8 heteroatoms. The fourth-order valence-electron chi connectivity index (χ4n) is 2.75. The second kappa shape index (κ2) is 6.37. The maximum absolute atomic E-state index is 12.4. The molecule has 0 spiro atoms. The molecule has 0 bridgehead atoms. The monoisotopic (exact) mass is 348 g/mol. The van der Waals surface area contributed by atoms with Crippen molar-refractivity contribution in [3.63, 3.8) is 0 Å². The molecule has 1 aliphatic heterocycles. The lowest BCUT2D eigenvalue weighted by molar-refractivity contribution is 0.0930. The molecule has 2 heterocycles. The van der Waals surface area contributed by atoms with Crippen molar-refractivity contribution in [2.45, 2.75) is 30.3 Å². The second-order valence-electron chi connectivity index (χ2n) is 6.02. The molecule has 1 aromatic carbocycles. The first-order chi connectivity index (χ1) is 11.4. The minimum absolute atomic E-state index is 0.0619. The van der Waals surface area contributed by atoms with Crippen molar-refractivity contribution in [1.29, 1.82) is 0 Å². The number of aromatic nitrogens is 2. The molecule has 2 aromatic rings. The molecule has 3 rings (SSSR count). The molecule has 1 N–H and O–H groups in total. The summed E-state index contributed by atoms with van der Waals surface area (Å²) < 4.78 is 27.2. The molecular weight excluding hydrogens is 328 g/mol. The summed E-state index contributed by atoms with van der Waals surface area (Å²) in [5.41, 5.74) is 1.56. The summed E-state index contributed by atoms with van der Waals surface area (Å²) in [6, 6.07) is 8.02. The van der Waals surface area contributed by atoms with E-state index < -0.39 is 10.0 Å². The van der Waals surface area contributed by atoms with E-state index in [2.05, 4.69) is 10.4 Å². The predicted octanol–water partition coefficient (Wildman–Crippen LogP) is 0.878. The quantitative estimate of drug-likeness (QED) is 0.889. The van der Waals surface area contributed by atoms with E-state index in [1.807, 2.05) is 10.7 Å². The SMILES string of the molecule is CN(C)S(=O)(=O)c1ccc(C(=O)N[C@@H]2CCn3nccc3C2)cc1. The summed E-state index contributed by atoms with van der Waals surface area (Å²) in [5, 5.41) is 7.23. The summed E-state index contributed by atoms with van der Waals surface area (Å²) in [7, 11) is -0.530. The highest BCUT2D eigenvalue weighted by molar-refractivity contribution is 7.89. The summed E-state index contributed by atoms with van der Waals surface area (Å²) in [6.45, 7) is 0.785. The number of hydrogen-bond donors (Lipinski definition) is 1. The zero-order valence-electron chi connectivity index (χ0n) is 13.6. The summed E-state index contributed by atoms with van der Waals surface area (Å²) in [5.74, 6) is -0.193. The van der Waals surface area contributed by atoms with Crippen molar-refractivity contribution in [1.82, 2.24) is 19.4 Å². The Morgan fingerprint density at radius 2 is 1.96 bits per heavy atom. The van der Waals surface area contributed by atoms with Gasteiger partial charge in [0.25, 0.3) is 5.91 Å². The Hall–Kier alpha value is -2.19. The summed E-state index contributed by atoms with van der Waals surface area (Å²) >= 11 is 0. The lowest BCUT2D eigenvalue weighted by Gasteiger charge is -2.24. The number of fused-ring (bicyclic) bond motifs is 1. The number of nitrogens with zero attached hydrogens (tertiary/aromatic N) is 3. The molecule has 1 amide bonds. The topological polar surface area (TPSA) is 84.3 Å². The van der Waals surface area contributed by atoms with Crippen molar-refractivity contribution < 1.29 is 13.2 Å². The number of nitrogens with one attached hydrogen (secondary N) is 1. The van der Waals surface area contributed by atoms with Gasteiger partial charge in [0, 0.05) is 50.6 Å². The van der Waals surface area contributed by atoms with E-state index in [1.165, 1.54) is 26.2 Å². The molecule has 1 aromatic heterocycles. The summed E-state index contributed by atoms with van der Waals surface area (Å²) in [4.78, 5) is 12.5. The Bertz CT molecular complexity index is 840. The van der Waals surface area contributed by atoms with E-state index in [9.17, 15) is 13.2 Å². The van der Waals surface area contributed by atoms with Gasteiger partial charge >= 0.3 is 0 Å². The third-order valence-electron chi connectivity index (χ3n) is 4.18. The average molecular weight is 348 g/mol. The van der Waals surface area contributed by atoms with Gasteiger partial charge in [-0.15, -0.1) is 0 Å². The van der Waals surface area contributed by atoms with Gasteiger partial charge in [-0.05, 0) is 36.8 Å². The van der Waals surface area contributed by atoms with Crippen molar-refractivity contribution in [2.24, 2.45) is 0 Å². The van der Waals surface area contributed by atoms with Crippen LogP contribution >= 0.6 is 0 Å². The Kier molecular flexibility index (Phi) is 4.42. The zero-order valence-corrected chi connectivity index (χ0v) is 14.5. The Labute approximate surface area is 141 Å². The van der Waals surface area contributed by atoms with Crippen LogP contribution in [0.5, 0.6) is 0 Å². The number of carbonyl (C=O) groups excluding carboxylic acids is 1. The Morgan fingerprint density at radius 3 is 2.62 bits per heavy atom. The molecular formula is C16H20N4O3S. The van der Waals surface area contributed by atoms with Crippen LogP contribution in [-0.4, -0.2) is 48.5 Å². The Balaban J connectivity index is 1.68. The third-order valence-corrected chi connectivity index (χ3v) is 6.01. The fourth-order valence-corrected chi connectivity index (χ4v) is 3.65. The first-order valence-corrected chi connectivity index (χ1v) is 9.16. The Morgan fingerprint density at radius 1 is 1.25 bits per heavy atom. The lowest BCUT2D eigenvalue weighted by atomic mass is 10.0. The number of amides is 1. The molecule has 0 unspecified atom stereocenters. The van der Waals surface area contributed by atoms with Gasteiger partial charge in [0.05, 0.1) is 4.90 Å². The van der Waals surface area contributed by atoms with Gasteiger partial charge in [0.15, 0.2) is 0 Å². The van der Waals surface area contributed by atoms with Gasteiger partial charge in [0.2, 0.25) is 10.0 Å². The minimum atomic E-state index is -3.48. The van der Waals surface area contributed by atoms with Crippen molar-refractivity contribution >= 4 is 15.9 Å². The number of rotatable bonds is 4. The number of benzene rings is 1. The first-order valence-electron chi connectivity index (χ1n) is 7.72. The fraction of sp³-hybridized carbons (Fsp3) is 0.375. The van der Waals surface area contributed by atoms with Crippen LogP contribution in [0.2, 0.25) is 0 Å². The number of aryl methyl sites for hydroxylation is 1. The van der Waals surface area contributed by atoms with Gasteiger partial charge in [0.1, 0.15) is 0 Å². The molecule has 1 aliphatic rings. The second-order valence-corrected chi connectivity index (χ2v) is 8.17. The smallest absolute Gasteiger partial charge is 0.251 e.